The lowest BCUT2D eigenvalue weighted by atomic mass is 9.81. The number of aryl methyl sites for hydroxylation is 1. The standard InChI is InChI=1S/C14H18N2O3/c1-9-8-15-7-6-12(9)16-13(17)10-2-4-11(5-3-10)14(18)19/h6-8,10-11H,2-5H2,1H3,(H,18,19)(H,15,16,17). The number of aromatic nitrogens is 1. The second-order valence-electron chi connectivity index (χ2n) is 5.07. The minimum absolute atomic E-state index is 0.0156. The summed E-state index contributed by atoms with van der Waals surface area (Å²) in [4.78, 5) is 27.0. The van der Waals surface area contributed by atoms with E-state index < -0.39 is 5.97 Å². The van der Waals surface area contributed by atoms with Crippen LogP contribution in [-0.4, -0.2) is 22.0 Å². The summed E-state index contributed by atoms with van der Waals surface area (Å²) in [6.45, 7) is 1.89. The van der Waals surface area contributed by atoms with Crippen LogP contribution in [0.2, 0.25) is 0 Å². The molecule has 2 rings (SSSR count). The fourth-order valence-electron chi connectivity index (χ4n) is 2.45. The van der Waals surface area contributed by atoms with E-state index in [1.54, 1.807) is 18.5 Å². The number of pyridine rings is 1. The smallest absolute Gasteiger partial charge is 0.306 e. The summed E-state index contributed by atoms with van der Waals surface area (Å²) in [6.07, 6.45) is 5.81. The number of carboxylic acids is 1. The molecule has 0 unspecified atom stereocenters. The van der Waals surface area contributed by atoms with Gasteiger partial charge in [-0.05, 0) is 44.2 Å². The highest BCUT2D eigenvalue weighted by Gasteiger charge is 2.29. The van der Waals surface area contributed by atoms with Crippen molar-refractivity contribution >= 4 is 17.6 Å². The first-order valence-corrected chi connectivity index (χ1v) is 6.52. The van der Waals surface area contributed by atoms with Crippen LogP contribution in [0, 0.1) is 18.8 Å². The molecule has 1 aromatic heterocycles. The molecule has 1 saturated carbocycles. The zero-order valence-corrected chi connectivity index (χ0v) is 10.9. The van der Waals surface area contributed by atoms with E-state index in [1.807, 2.05) is 6.92 Å². The highest BCUT2D eigenvalue weighted by molar-refractivity contribution is 5.93. The Morgan fingerprint density at radius 3 is 2.47 bits per heavy atom. The number of aliphatic carboxylic acids is 1. The molecule has 0 aliphatic heterocycles. The predicted octanol–water partition coefficient (Wildman–Crippen LogP) is 2.22. The summed E-state index contributed by atoms with van der Waals surface area (Å²) in [5.74, 6) is -1.13. The summed E-state index contributed by atoms with van der Waals surface area (Å²) in [5, 5.41) is 11.8. The van der Waals surface area contributed by atoms with Gasteiger partial charge in [0.1, 0.15) is 0 Å². The Morgan fingerprint density at radius 1 is 1.26 bits per heavy atom. The largest absolute Gasteiger partial charge is 0.481 e. The molecule has 0 saturated heterocycles. The van der Waals surface area contributed by atoms with E-state index in [-0.39, 0.29) is 17.7 Å². The van der Waals surface area contributed by atoms with Gasteiger partial charge in [-0.2, -0.15) is 0 Å². The summed E-state index contributed by atoms with van der Waals surface area (Å²) in [7, 11) is 0. The van der Waals surface area contributed by atoms with Crippen LogP contribution in [0.5, 0.6) is 0 Å². The van der Waals surface area contributed by atoms with Crippen molar-refractivity contribution in [3.63, 3.8) is 0 Å². The summed E-state index contributed by atoms with van der Waals surface area (Å²) >= 11 is 0. The Labute approximate surface area is 112 Å². The van der Waals surface area contributed by atoms with Gasteiger partial charge in [-0.1, -0.05) is 0 Å². The predicted molar refractivity (Wildman–Crippen MR) is 70.7 cm³/mol. The number of hydrogen-bond acceptors (Lipinski definition) is 3. The fourth-order valence-corrected chi connectivity index (χ4v) is 2.45. The first-order chi connectivity index (χ1) is 9.08. The van der Waals surface area contributed by atoms with Gasteiger partial charge in [0.2, 0.25) is 5.91 Å². The maximum atomic E-state index is 12.1. The lowest BCUT2D eigenvalue weighted by Crippen LogP contribution is -2.29. The topological polar surface area (TPSA) is 79.3 Å². The van der Waals surface area contributed by atoms with E-state index in [4.69, 9.17) is 5.11 Å². The van der Waals surface area contributed by atoms with Crippen LogP contribution in [0.15, 0.2) is 18.5 Å². The summed E-state index contributed by atoms with van der Waals surface area (Å²) < 4.78 is 0. The average molecular weight is 262 g/mol. The number of carboxylic acid groups (broad SMARTS) is 1. The van der Waals surface area contributed by atoms with Crippen molar-refractivity contribution in [2.24, 2.45) is 11.8 Å². The van der Waals surface area contributed by atoms with Crippen LogP contribution >= 0.6 is 0 Å². The minimum atomic E-state index is -0.746. The fraction of sp³-hybridized carbons (Fsp3) is 0.500. The molecule has 0 spiro atoms. The molecule has 1 aliphatic rings. The molecule has 1 aliphatic carbocycles. The van der Waals surface area contributed by atoms with Crippen molar-refractivity contribution in [1.82, 2.24) is 4.98 Å². The van der Waals surface area contributed by atoms with E-state index in [2.05, 4.69) is 10.3 Å². The van der Waals surface area contributed by atoms with Gasteiger partial charge in [0, 0.05) is 24.0 Å². The van der Waals surface area contributed by atoms with Crippen molar-refractivity contribution < 1.29 is 14.7 Å². The zero-order valence-electron chi connectivity index (χ0n) is 10.9. The normalized spacial score (nSPS) is 22.8. The molecule has 102 valence electrons. The van der Waals surface area contributed by atoms with E-state index in [0.29, 0.717) is 25.7 Å². The maximum Gasteiger partial charge on any atom is 0.306 e. The molecular formula is C14H18N2O3. The molecule has 19 heavy (non-hydrogen) atoms. The molecule has 0 bridgehead atoms. The minimum Gasteiger partial charge on any atom is -0.481 e. The molecular weight excluding hydrogens is 244 g/mol. The SMILES string of the molecule is Cc1cnccc1NC(=O)C1CCC(C(=O)O)CC1. The Hall–Kier alpha value is -1.91. The molecule has 5 heteroatoms. The number of carbonyl (C=O) groups is 2. The number of nitrogens with zero attached hydrogens (tertiary/aromatic N) is 1. The third-order valence-corrected chi connectivity index (χ3v) is 3.73. The molecule has 5 nitrogen and oxygen atoms in total. The molecule has 1 amide bonds. The number of amides is 1. The third kappa shape index (κ3) is 3.30. The number of nitrogens with one attached hydrogen (secondary N) is 1. The van der Waals surface area contributed by atoms with Gasteiger partial charge in [0.05, 0.1) is 5.92 Å². The molecule has 2 N–H and O–H groups in total. The van der Waals surface area contributed by atoms with Gasteiger partial charge in [0.25, 0.3) is 0 Å². The maximum absolute atomic E-state index is 12.1. The van der Waals surface area contributed by atoms with Crippen molar-refractivity contribution in [1.29, 1.82) is 0 Å². The molecule has 1 fully saturated rings. The van der Waals surface area contributed by atoms with Crippen LogP contribution in [0.4, 0.5) is 5.69 Å². The molecule has 0 aromatic carbocycles. The third-order valence-electron chi connectivity index (χ3n) is 3.73. The van der Waals surface area contributed by atoms with Crippen molar-refractivity contribution in [3.05, 3.63) is 24.0 Å². The van der Waals surface area contributed by atoms with Crippen molar-refractivity contribution in [2.45, 2.75) is 32.6 Å². The first kappa shape index (κ1) is 13.5. The van der Waals surface area contributed by atoms with Crippen LogP contribution in [0.1, 0.15) is 31.2 Å². The van der Waals surface area contributed by atoms with Gasteiger partial charge in [-0.15, -0.1) is 0 Å². The summed E-state index contributed by atoms with van der Waals surface area (Å²) in [5.41, 5.74) is 1.70. The van der Waals surface area contributed by atoms with Gasteiger partial charge >= 0.3 is 5.97 Å². The average Bonchev–Trinajstić information content (AvgIpc) is 2.41. The lowest BCUT2D eigenvalue weighted by molar-refractivity contribution is -0.143. The Morgan fingerprint density at radius 2 is 1.89 bits per heavy atom. The zero-order chi connectivity index (χ0) is 13.8. The van der Waals surface area contributed by atoms with Crippen LogP contribution < -0.4 is 5.32 Å². The molecule has 1 heterocycles. The number of carbonyl (C=O) groups excluding carboxylic acids is 1. The summed E-state index contributed by atoms with van der Waals surface area (Å²) in [6, 6.07) is 1.77. The van der Waals surface area contributed by atoms with E-state index in [1.165, 1.54) is 0 Å². The monoisotopic (exact) mass is 262 g/mol. The number of anilines is 1. The van der Waals surface area contributed by atoms with Gasteiger partial charge in [-0.25, -0.2) is 0 Å². The Kier molecular flexibility index (Phi) is 4.14. The van der Waals surface area contributed by atoms with Gasteiger partial charge in [-0.3, -0.25) is 14.6 Å². The van der Waals surface area contributed by atoms with Crippen LogP contribution in [0.3, 0.4) is 0 Å². The number of hydrogen-bond donors (Lipinski definition) is 2. The first-order valence-electron chi connectivity index (χ1n) is 6.52. The molecule has 0 radical (unpaired) electrons. The Balaban J connectivity index is 1.92. The molecule has 0 atom stereocenters. The van der Waals surface area contributed by atoms with Crippen LogP contribution in [0.25, 0.3) is 0 Å². The van der Waals surface area contributed by atoms with Crippen molar-refractivity contribution in [3.8, 4) is 0 Å². The van der Waals surface area contributed by atoms with E-state index in [9.17, 15) is 9.59 Å². The Bertz CT molecular complexity index is 479. The quantitative estimate of drug-likeness (QED) is 0.875. The second-order valence-corrected chi connectivity index (χ2v) is 5.07. The second kappa shape index (κ2) is 5.82. The van der Waals surface area contributed by atoms with Crippen molar-refractivity contribution in [2.75, 3.05) is 5.32 Å². The van der Waals surface area contributed by atoms with E-state index in [0.717, 1.165) is 11.3 Å². The van der Waals surface area contributed by atoms with Crippen LogP contribution in [-0.2, 0) is 9.59 Å². The van der Waals surface area contributed by atoms with Gasteiger partial charge in [0.15, 0.2) is 0 Å². The highest BCUT2D eigenvalue weighted by atomic mass is 16.4. The number of rotatable bonds is 3. The highest BCUT2D eigenvalue weighted by Crippen LogP contribution is 2.30. The lowest BCUT2D eigenvalue weighted by Gasteiger charge is -2.25. The molecule has 1 aromatic rings. The van der Waals surface area contributed by atoms with Gasteiger partial charge < -0.3 is 10.4 Å². The van der Waals surface area contributed by atoms with E-state index >= 15 is 0 Å².